The Hall–Kier alpha value is -1.07. The van der Waals surface area contributed by atoms with E-state index in [9.17, 15) is 13.2 Å². The van der Waals surface area contributed by atoms with Gasteiger partial charge in [0.15, 0.2) is 0 Å². The van der Waals surface area contributed by atoms with Crippen molar-refractivity contribution in [3.63, 3.8) is 0 Å². The number of alkyl halides is 3. The highest BCUT2D eigenvalue weighted by Crippen LogP contribution is 2.20. The molecule has 0 spiro atoms. The average molecular weight is 272 g/mol. The second-order valence-electron chi connectivity index (χ2n) is 5.01. The van der Waals surface area contributed by atoms with E-state index in [1.54, 1.807) is 0 Å². The van der Waals surface area contributed by atoms with Gasteiger partial charge in [0.25, 0.3) is 0 Å². The van der Waals surface area contributed by atoms with Gasteiger partial charge in [-0.2, -0.15) is 13.2 Å². The Balaban J connectivity index is 1.96. The van der Waals surface area contributed by atoms with E-state index in [1.165, 1.54) is 11.1 Å². The van der Waals surface area contributed by atoms with Crippen LogP contribution in [0.3, 0.4) is 0 Å². The Kier molecular flexibility index (Phi) is 4.47. The first-order chi connectivity index (χ1) is 8.98. The number of nitrogens with one attached hydrogen (secondary N) is 2. The van der Waals surface area contributed by atoms with Crippen molar-refractivity contribution in [2.24, 2.45) is 0 Å². The third-order valence-electron chi connectivity index (χ3n) is 3.47. The maximum atomic E-state index is 12.1. The topological polar surface area (TPSA) is 24.1 Å². The van der Waals surface area contributed by atoms with E-state index in [0.29, 0.717) is 6.04 Å². The number of rotatable bonds is 4. The predicted octanol–water partition coefficient (Wildman–Crippen LogP) is 2.76. The molecule has 0 amide bonds. The zero-order valence-electron chi connectivity index (χ0n) is 11.0. The average Bonchev–Trinajstić information content (AvgIpc) is 2.36. The molecule has 0 radical (unpaired) electrons. The summed E-state index contributed by atoms with van der Waals surface area (Å²) in [5.74, 6) is 0. The molecule has 0 fully saturated rings. The van der Waals surface area contributed by atoms with Gasteiger partial charge in [-0.1, -0.05) is 25.1 Å². The lowest BCUT2D eigenvalue weighted by molar-refractivity contribution is -0.125. The van der Waals surface area contributed by atoms with Gasteiger partial charge in [-0.25, -0.2) is 0 Å². The normalized spacial score (nSPS) is 19.3. The number of halogens is 3. The summed E-state index contributed by atoms with van der Waals surface area (Å²) < 4.78 is 36.2. The van der Waals surface area contributed by atoms with Crippen molar-refractivity contribution in [2.45, 2.75) is 45.1 Å². The Morgan fingerprint density at radius 3 is 2.79 bits per heavy atom. The van der Waals surface area contributed by atoms with E-state index >= 15 is 0 Å². The summed E-state index contributed by atoms with van der Waals surface area (Å²) in [6.07, 6.45) is -2.12. The Bertz CT molecular complexity index is 429. The van der Waals surface area contributed by atoms with Crippen LogP contribution in [0.1, 0.15) is 30.0 Å². The van der Waals surface area contributed by atoms with E-state index in [1.807, 2.05) is 18.2 Å². The molecule has 2 N–H and O–H groups in total. The second kappa shape index (κ2) is 5.92. The minimum absolute atomic E-state index is 0.261. The number of benzene rings is 1. The molecular weight excluding hydrogens is 253 g/mol. The molecule has 0 saturated heterocycles. The highest BCUT2D eigenvalue weighted by Gasteiger charge is 2.26. The van der Waals surface area contributed by atoms with Gasteiger partial charge in [0.2, 0.25) is 0 Å². The molecule has 1 aliphatic heterocycles. The molecule has 1 aromatic carbocycles. The molecule has 2 rings (SSSR count). The van der Waals surface area contributed by atoms with Gasteiger partial charge in [0.05, 0.1) is 6.54 Å². The molecule has 2 nitrogen and oxygen atoms in total. The molecule has 0 saturated carbocycles. The highest BCUT2D eigenvalue weighted by molar-refractivity contribution is 5.34. The lowest BCUT2D eigenvalue weighted by atomic mass is 9.93. The molecule has 0 aromatic heterocycles. The van der Waals surface area contributed by atoms with E-state index in [2.05, 4.69) is 17.6 Å². The zero-order chi connectivity index (χ0) is 13.9. The summed E-state index contributed by atoms with van der Waals surface area (Å²) in [5, 5.41) is 5.88. The lowest BCUT2D eigenvalue weighted by Gasteiger charge is -2.25. The van der Waals surface area contributed by atoms with Crippen LogP contribution in [0.25, 0.3) is 0 Å². The standard InChI is InChI=1S/C14H19F3N2/c1-2-13-6-12-5-10(3-4-11(12)8-19-13)7-18-9-14(15,16)17/h3-5,13,18-19H,2,6-9H2,1H3. The lowest BCUT2D eigenvalue weighted by Crippen LogP contribution is -2.35. The maximum Gasteiger partial charge on any atom is 0.401 e. The molecule has 19 heavy (non-hydrogen) atoms. The first-order valence-corrected chi connectivity index (χ1v) is 6.59. The van der Waals surface area contributed by atoms with Crippen LogP contribution in [0, 0.1) is 0 Å². The molecule has 1 aliphatic rings. The first kappa shape index (κ1) is 14.3. The number of fused-ring (bicyclic) bond motifs is 1. The van der Waals surface area contributed by atoms with E-state index in [4.69, 9.17) is 0 Å². The minimum atomic E-state index is -4.15. The number of hydrogen-bond acceptors (Lipinski definition) is 2. The van der Waals surface area contributed by atoms with Gasteiger partial charge in [-0.05, 0) is 29.5 Å². The quantitative estimate of drug-likeness (QED) is 0.880. The van der Waals surface area contributed by atoms with Crippen molar-refractivity contribution in [3.05, 3.63) is 34.9 Å². The third-order valence-corrected chi connectivity index (χ3v) is 3.47. The highest BCUT2D eigenvalue weighted by atomic mass is 19.4. The molecular formula is C14H19F3N2. The summed E-state index contributed by atoms with van der Waals surface area (Å²) in [6.45, 7) is 2.31. The molecule has 5 heteroatoms. The van der Waals surface area contributed by atoms with Gasteiger partial charge in [-0.15, -0.1) is 0 Å². The first-order valence-electron chi connectivity index (χ1n) is 6.59. The Labute approximate surface area is 111 Å². The van der Waals surface area contributed by atoms with Crippen molar-refractivity contribution < 1.29 is 13.2 Å². The summed E-state index contributed by atoms with van der Waals surface area (Å²) in [6, 6.07) is 6.42. The third kappa shape index (κ3) is 4.21. The van der Waals surface area contributed by atoms with Crippen LogP contribution in [0.15, 0.2) is 18.2 Å². The van der Waals surface area contributed by atoms with Crippen molar-refractivity contribution in [1.82, 2.24) is 10.6 Å². The van der Waals surface area contributed by atoms with Crippen molar-refractivity contribution >= 4 is 0 Å². The molecule has 1 unspecified atom stereocenters. The fourth-order valence-electron chi connectivity index (χ4n) is 2.38. The Morgan fingerprint density at radius 1 is 1.32 bits per heavy atom. The van der Waals surface area contributed by atoms with Crippen LogP contribution in [0.5, 0.6) is 0 Å². The maximum absolute atomic E-state index is 12.1. The molecule has 106 valence electrons. The van der Waals surface area contributed by atoms with Crippen LogP contribution in [-0.4, -0.2) is 18.8 Å². The van der Waals surface area contributed by atoms with Crippen LogP contribution < -0.4 is 10.6 Å². The summed E-state index contributed by atoms with van der Waals surface area (Å²) in [7, 11) is 0. The van der Waals surface area contributed by atoms with Crippen LogP contribution in [0.2, 0.25) is 0 Å². The molecule has 1 aromatic rings. The van der Waals surface area contributed by atoms with Gasteiger partial charge in [-0.3, -0.25) is 0 Å². The van der Waals surface area contributed by atoms with Gasteiger partial charge in [0, 0.05) is 19.1 Å². The van der Waals surface area contributed by atoms with E-state index in [0.717, 1.165) is 24.9 Å². The largest absolute Gasteiger partial charge is 0.401 e. The fourth-order valence-corrected chi connectivity index (χ4v) is 2.38. The van der Waals surface area contributed by atoms with Crippen molar-refractivity contribution in [1.29, 1.82) is 0 Å². The Morgan fingerprint density at radius 2 is 2.11 bits per heavy atom. The fraction of sp³-hybridized carbons (Fsp3) is 0.571. The van der Waals surface area contributed by atoms with E-state index < -0.39 is 12.7 Å². The smallest absolute Gasteiger partial charge is 0.310 e. The van der Waals surface area contributed by atoms with Crippen LogP contribution in [-0.2, 0) is 19.5 Å². The second-order valence-corrected chi connectivity index (χ2v) is 5.01. The van der Waals surface area contributed by atoms with Crippen LogP contribution in [0.4, 0.5) is 13.2 Å². The molecule has 0 aliphatic carbocycles. The zero-order valence-corrected chi connectivity index (χ0v) is 11.0. The monoisotopic (exact) mass is 272 g/mol. The predicted molar refractivity (Wildman–Crippen MR) is 68.8 cm³/mol. The molecule has 1 heterocycles. The van der Waals surface area contributed by atoms with Crippen molar-refractivity contribution in [2.75, 3.05) is 6.54 Å². The number of hydrogen-bond donors (Lipinski definition) is 2. The minimum Gasteiger partial charge on any atom is -0.310 e. The summed E-state index contributed by atoms with van der Waals surface area (Å²) >= 11 is 0. The van der Waals surface area contributed by atoms with Gasteiger partial charge < -0.3 is 10.6 Å². The van der Waals surface area contributed by atoms with E-state index in [-0.39, 0.29) is 6.54 Å². The SMILES string of the molecule is CCC1Cc2cc(CNCC(F)(F)F)ccc2CN1. The molecule has 1 atom stereocenters. The summed E-state index contributed by atoms with van der Waals surface area (Å²) in [5.41, 5.74) is 3.43. The van der Waals surface area contributed by atoms with Gasteiger partial charge >= 0.3 is 6.18 Å². The van der Waals surface area contributed by atoms with Gasteiger partial charge in [0.1, 0.15) is 0 Å². The summed E-state index contributed by atoms with van der Waals surface area (Å²) in [4.78, 5) is 0. The van der Waals surface area contributed by atoms with Crippen molar-refractivity contribution in [3.8, 4) is 0 Å². The molecule has 0 bridgehead atoms. The van der Waals surface area contributed by atoms with Crippen LogP contribution >= 0.6 is 0 Å².